The molecule has 0 unspecified atom stereocenters. The van der Waals surface area contributed by atoms with E-state index in [2.05, 4.69) is 16.3 Å². The highest BCUT2D eigenvalue weighted by Gasteiger charge is 2.24. The van der Waals surface area contributed by atoms with Gasteiger partial charge in [-0.1, -0.05) is 11.6 Å². The normalized spacial score (nSPS) is 16.4. The van der Waals surface area contributed by atoms with Gasteiger partial charge in [0.1, 0.15) is 5.82 Å². The summed E-state index contributed by atoms with van der Waals surface area (Å²) in [7, 11) is 0. The number of hydrogen-bond donors (Lipinski definition) is 1. The fourth-order valence-electron chi connectivity index (χ4n) is 2.29. The molecule has 1 atom stereocenters. The molecule has 1 saturated heterocycles. The van der Waals surface area contributed by atoms with E-state index in [1.165, 1.54) is 12.1 Å². The Kier molecular flexibility index (Phi) is 9.11. The first-order valence-electron chi connectivity index (χ1n) is 5.99. The first-order valence-corrected chi connectivity index (χ1v) is 6.37. The number of nitrogens with zero attached hydrogens (tertiary/aromatic N) is 2. The summed E-state index contributed by atoms with van der Waals surface area (Å²) in [6.07, 6.45) is 0.323. The summed E-state index contributed by atoms with van der Waals surface area (Å²) in [4.78, 5) is 2.18. The maximum Gasteiger partial charge on any atom is 0.123 e. The van der Waals surface area contributed by atoms with Crippen LogP contribution in [0.15, 0.2) is 18.2 Å². The van der Waals surface area contributed by atoms with E-state index in [0.717, 1.165) is 26.2 Å². The molecule has 0 radical (unpaired) electrons. The lowest BCUT2D eigenvalue weighted by molar-refractivity contribution is 0.175. The number of piperazine rings is 1. The third-order valence-electron chi connectivity index (χ3n) is 3.19. The topological polar surface area (TPSA) is 39.1 Å². The summed E-state index contributed by atoms with van der Waals surface area (Å²) in [5.74, 6) is -0.313. The number of hydrogen-bond acceptors (Lipinski definition) is 3. The third-order valence-corrected chi connectivity index (χ3v) is 3.54. The zero-order chi connectivity index (χ0) is 13.0. The van der Waals surface area contributed by atoms with Crippen molar-refractivity contribution >= 4 is 36.4 Å². The molecule has 0 aromatic heterocycles. The fraction of sp³-hybridized carbons (Fsp3) is 0.462. The molecule has 0 aliphatic carbocycles. The summed E-state index contributed by atoms with van der Waals surface area (Å²) in [6, 6.07) is 6.37. The molecular weight excluding hydrogens is 324 g/mol. The Morgan fingerprint density at radius 1 is 1.35 bits per heavy atom. The van der Waals surface area contributed by atoms with Gasteiger partial charge in [-0.3, -0.25) is 4.90 Å². The zero-order valence-corrected chi connectivity index (χ0v) is 13.2. The van der Waals surface area contributed by atoms with Gasteiger partial charge in [-0.25, -0.2) is 4.39 Å². The van der Waals surface area contributed by atoms with E-state index in [0.29, 0.717) is 17.0 Å². The van der Waals surface area contributed by atoms with Crippen LogP contribution >= 0.6 is 36.4 Å². The lowest BCUT2D eigenvalue weighted by atomic mass is 10.0. The van der Waals surface area contributed by atoms with Crippen LogP contribution in [-0.2, 0) is 0 Å². The van der Waals surface area contributed by atoms with Gasteiger partial charge >= 0.3 is 0 Å². The van der Waals surface area contributed by atoms with E-state index >= 15 is 0 Å². The van der Waals surface area contributed by atoms with E-state index in [1.807, 2.05) is 0 Å². The first kappa shape index (κ1) is 19.4. The first-order chi connectivity index (χ1) is 8.72. The van der Waals surface area contributed by atoms with Crippen LogP contribution in [0, 0.1) is 17.1 Å². The van der Waals surface area contributed by atoms with Crippen LogP contribution in [-0.4, -0.2) is 31.1 Å². The van der Waals surface area contributed by atoms with Crippen LogP contribution < -0.4 is 5.32 Å². The Labute approximate surface area is 135 Å². The second kappa shape index (κ2) is 9.38. The van der Waals surface area contributed by atoms with Gasteiger partial charge in [-0.15, -0.1) is 24.8 Å². The van der Waals surface area contributed by atoms with Crippen molar-refractivity contribution in [2.45, 2.75) is 12.5 Å². The predicted octanol–water partition coefficient (Wildman–Crippen LogP) is 3.18. The SMILES string of the molecule is Cl.Cl.N#CC[C@@H](c1cc(F)ccc1Cl)N1CCNCC1. The zero-order valence-electron chi connectivity index (χ0n) is 10.8. The molecule has 7 heteroatoms. The largest absolute Gasteiger partial charge is 0.314 e. The highest BCUT2D eigenvalue weighted by atomic mass is 35.5. The summed E-state index contributed by atoms with van der Waals surface area (Å²) in [6.45, 7) is 3.46. The van der Waals surface area contributed by atoms with Gasteiger partial charge in [-0.2, -0.15) is 5.26 Å². The monoisotopic (exact) mass is 339 g/mol. The molecular formula is C13H17Cl3FN3. The van der Waals surface area contributed by atoms with Gasteiger partial charge in [0.05, 0.1) is 12.5 Å². The number of nitrogens with one attached hydrogen (secondary N) is 1. The van der Waals surface area contributed by atoms with Crippen molar-refractivity contribution in [2.75, 3.05) is 26.2 Å². The Bertz CT molecular complexity index is 459. The third kappa shape index (κ3) is 4.76. The minimum absolute atomic E-state index is 0. The molecule has 0 saturated carbocycles. The minimum Gasteiger partial charge on any atom is -0.314 e. The van der Waals surface area contributed by atoms with Crippen LogP contribution in [0.4, 0.5) is 4.39 Å². The van der Waals surface area contributed by atoms with Crippen molar-refractivity contribution in [1.29, 1.82) is 5.26 Å². The van der Waals surface area contributed by atoms with Crippen molar-refractivity contribution in [3.05, 3.63) is 34.6 Å². The quantitative estimate of drug-likeness (QED) is 0.918. The van der Waals surface area contributed by atoms with Crippen molar-refractivity contribution in [1.82, 2.24) is 10.2 Å². The van der Waals surface area contributed by atoms with E-state index in [4.69, 9.17) is 16.9 Å². The van der Waals surface area contributed by atoms with Crippen LogP contribution in [0.25, 0.3) is 0 Å². The number of benzene rings is 1. The van der Waals surface area contributed by atoms with Crippen molar-refractivity contribution < 1.29 is 4.39 Å². The molecule has 1 heterocycles. The highest BCUT2D eigenvalue weighted by Crippen LogP contribution is 2.30. The second-order valence-corrected chi connectivity index (χ2v) is 4.74. The van der Waals surface area contributed by atoms with Crippen LogP contribution in [0.3, 0.4) is 0 Å². The predicted molar refractivity (Wildman–Crippen MR) is 83.3 cm³/mol. The van der Waals surface area contributed by atoms with Gasteiger partial charge in [0.2, 0.25) is 0 Å². The maximum atomic E-state index is 13.3. The smallest absolute Gasteiger partial charge is 0.123 e. The Morgan fingerprint density at radius 3 is 2.60 bits per heavy atom. The Morgan fingerprint density at radius 2 is 2.00 bits per heavy atom. The average molecular weight is 341 g/mol. The molecule has 2 rings (SSSR count). The van der Waals surface area contributed by atoms with Crippen LogP contribution in [0.1, 0.15) is 18.0 Å². The fourth-order valence-corrected chi connectivity index (χ4v) is 2.53. The average Bonchev–Trinajstić information content (AvgIpc) is 2.40. The summed E-state index contributed by atoms with van der Waals surface area (Å²) < 4.78 is 13.3. The molecule has 112 valence electrons. The van der Waals surface area contributed by atoms with Crippen molar-refractivity contribution in [3.63, 3.8) is 0 Å². The molecule has 0 spiro atoms. The molecule has 1 aliphatic rings. The van der Waals surface area contributed by atoms with Crippen molar-refractivity contribution in [2.24, 2.45) is 0 Å². The molecule has 1 fully saturated rings. The molecule has 1 N–H and O–H groups in total. The number of halogens is 4. The standard InChI is InChI=1S/C13H15ClFN3.2ClH/c14-12-2-1-10(15)9-11(12)13(3-4-16)18-7-5-17-6-8-18;;/h1-2,9,13,17H,3,5-8H2;2*1H/t13-;;/m0../s1. The molecule has 1 aliphatic heterocycles. The number of nitriles is 1. The van der Waals surface area contributed by atoms with Gasteiger partial charge in [0.25, 0.3) is 0 Å². The Hall–Kier alpha value is -0.570. The van der Waals surface area contributed by atoms with E-state index < -0.39 is 0 Å². The van der Waals surface area contributed by atoms with Gasteiger partial charge in [0, 0.05) is 37.2 Å². The summed E-state index contributed by atoms with van der Waals surface area (Å²) >= 11 is 6.13. The van der Waals surface area contributed by atoms with E-state index in [1.54, 1.807) is 6.07 Å². The number of rotatable bonds is 3. The van der Waals surface area contributed by atoms with Gasteiger partial charge < -0.3 is 5.32 Å². The summed E-state index contributed by atoms with van der Waals surface area (Å²) in [5, 5.41) is 12.7. The summed E-state index contributed by atoms with van der Waals surface area (Å²) in [5.41, 5.74) is 0.708. The van der Waals surface area contributed by atoms with Gasteiger partial charge in [0.15, 0.2) is 0 Å². The van der Waals surface area contributed by atoms with Crippen LogP contribution in [0.5, 0.6) is 0 Å². The molecule has 0 bridgehead atoms. The molecule has 1 aromatic rings. The molecule has 20 heavy (non-hydrogen) atoms. The van der Waals surface area contributed by atoms with Gasteiger partial charge in [-0.05, 0) is 23.8 Å². The minimum atomic E-state index is -0.313. The lowest BCUT2D eigenvalue weighted by Crippen LogP contribution is -2.45. The highest BCUT2D eigenvalue weighted by molar-refractivity contribution is 6.31. The lowest BCUT2D eigenvalue weighted by Gasteiger charge is -2.34. The van der Waals surface area contributed by atoms with E-state index in [-0.39, 0.29) is 36.7 Å². The molecule has 3 nitrogen and oxygen atoms in total. The molecule has 0 amide bonds. The van der Waals surface area contributed by atoms with E-state index in [9.17, 15) is 4.39 Å². The maximum absolute atomic E-state index is 13.3. The Balaban J connectivity index is 0.00000180. The van der Waals surface area contributed by atoms with Crippen molar-refractivity contribution in [3.8, 4) is 6.07 Å². The molecule has 1 aromatic carbocycles. The van der Waals surface area contributed by atoms with Crippen LogP contribution in [0.2, 0.25) is 5.02 Å². The second-order valence-electron chi connectivity index (χ2n) is 4.33.